The third-order valence-corrected chi connectivity index (χ3v) is 9.84. The number of methoxy groups -OCH3 is 1. The molecule has 0 spiro atoms. The number of benzene rings is 1. The van der Waals surface area contributed by atoms with Gasteiger partial charge < -0.3 is 20.5 Å². The Kier molecular flexibility index (Phi) is 8.59. The van der Waals surface area contributed by atoms with Crippen molar-refractivity contribution in [3.63, 3.8) is 0 Å². The number of ether oxygens (including phenoxy) is 1. The van der Waals surface area contributed by atoms with Gasteiger partial charge in [-0.15, -0.1) is 0 Å². The highest BCUT2D eigenvalue weighted by atomic mass is 16.5. The first-order chi connectivity index (χ1) is 17.6. The third kappa shape index (κ3) is 5.70. The molecule has 0 amide bonds. The van der Waals surface area contributed by atoms with Gasteiger partial charge in [0.25, 0.3) is 0 Å². The van der Waals surface area contributed by atoms with Crippen LogP contribution in [-0.4, -0.2) is 59.5 Å². The predicted molar refractivity (Wildman–Crippen MR) is 154 cm³/mol. The largest absolute Gasteiger partial charge is 0.385 e. The summed E-state index contributed by atoms with van der Waals surface area (Å²) in [6.07, 6.45) is 17.0. The molecule has 2 saturated carbocycles. The Labute approximate surface area is 223 Å². The summed E-state index contributed by atoms with van der Waals surface area (Å²) in [5.41, 5.74) is 8.43. The molecule has 2 unspecified atom stereocenters. The van der Waals surface area contributed by atoms with Gasteiger partial charge in [0.05, 0.1) is 12.2 Å². The lowest BCUT2D eigenvalue weighted by molar-refractivity contribution is 0.00847. The van der Waals surface area contributed by atoms with E-state index in [9.17, 15) is 5.11 Å². The minimum absolute atomic E-state index is 0.0549. The quantitative estimate of drug-likeness (QED) is 0.439. The highest BCUT2D eigenvalue weighted by Crippen LogP contribution is 2.56. The van der Waals surface area contributed by atoms with E-state index in [4.69, 9.17) is 10.5 Å². The fourth-order valence-electron chi connectivity index (χ4n) is 6.76. The number of aromatic nitrogens is 1. The van der Waals surface area contributed by atoms with Gasteiger partial charge in [0, 0.05) is 43.0 Å². The second-order valence-corrected chi connectivity index (χ2v) is 12.0. The summed E-state index contributed by atoms with van der Waals surface area (Å²) in [5.74, 6) is 0.398. The fourth-order valence-corrected chi connectivity index (χ4v) is 6.76. The van der Waals surface area contributed by atoms with E-state index in [-0.39, 0.29) is 11.0 Å². The van der Waals surface area contributed by atoms with Crippen molar-refractivity contribution >= 4 is 10.8 Å². The molecule has 1 aromatic heterocycles. The van der Waals surface area contributed by atoms with Crippen LogP contribution in [0.2, 0.25) is 0 Å². The molecule has 1 heterocycles. The van der Waals surface area contributed by atoms with Crippen LogP contribution in [0.15, 0.2) is 60.5 Å². The molecule has 5 atom stereocenters. The van der Waals surface area contributed by atoms with Crippen LogP contribution in [0.4, 0.5) is 0 Å². The number of aliphatic hydroxyl groups is 1. The molecule has 3 N–H and O–H groups in total. The summed E-state index contributed by atoms with van der Waals surface area (Å²) in [7, 11) is 3.88. The van der Waals surface area contributed by atoms with E-state index in [0.717, 1.165) is 63.7 Å². The summed E-state index contributed by atoms with van der Waals surface area (Å²) < 4.78 is 5.25. The molecule has 1 aromatic carbocycles. The topological polar surface area (TPSA) is 71.6 Å². The average Bonchev–Trinajstić information content (AvgIpc) is 3.13. The molecule has 2 aliphatic carbocycles. The van der Waals surface area contributed by atoms with E-state index in [2.05, 4.69) is 80.2 Å². The van der Waals surface area contributed by atoms with Gasteiger partial charge in [-0.05, 0) is 98.9 Å². The van der Waals surface area contributed by atoms with Crippen molar-refractivity contribution in [1.29, 1.82) is 0 Å². The Hall–Kier alpha value is -2.05. The number of hydrogen-bond donors (Lipinski definition) is 2. The lowest BCUT2D eigenvalue weighted by Gasteiger charge is -2.42. The van der Waals surface area contributed by atoms with E-state index < -0.39 is 5.60 Å². The van der Waals surface area contributed by atoms with Gasteiger partial charge in [0.15, 0.2) is 0 Å². The van der Waals surface area contributed by atoms with Crippen LogP contribution in [0.1, 0.15) is 77.2 Å². The molecule has 0 radical (unpaired) electrons. The molecule has 0 aliphatic heterocycles. The van der Waals surface area contributed by atoms with Crippen molar-refractivity contribution < 1.29 is 9.84 Å². The maximum absolute atomic E-state index is 11.5. The summed E-state index contributed by atoms with van der Waals surface area (Å²) >= 11 is 0. The number of nitrogens with zero attached hydrogens (tertiary/aromatic N) is 2. The van der Waals surface area contributed by atoms with Gasteiger partial charge in [0.1, 0.15) is 0 Å². The zero-order chi connectivity index (χ0) is 26.7. The molecule has 37 heavy (non-hydrogen) atoms. The maximum Gasteiger partial charge on any atom is 0.0872 e. The molecule has 5 heteroatoms. The summed E-state index contributed by atoms with van der Waals surface area (Å²) in [6.45, 7) is 8.29. The molecular formula is C32H47N3O2. The van der Waals surface area contributed by atoms with E-state index in [0.29, 0.717) is 12.0 Å². The average molecular weight is 506 g/mol. The molecule has 4 rings (SSSR count). The Morgan fingerprint density at radius 2 is 2.03 bits per heavy atom. The van der Waals surface area contributed by atoms with Gasteiger partial charge in [-0.2, -0.15) is 0 Å². The van der Waals surface area contributed by atoms with Crippen LogP contribution in [0, 0.1) is 5.41 Å². The normalized spacial score (nSPS) is 33.8. The van der Waals surface area contributed by atoms with Gasteiger partial charge in [0.2, 0.25) is 0 Å². The minimum atomic E-state index is -0.740. The molecule has 0 bridgehead atoms. The standard InChI is InChI=1S/C32H47N3O2/c1-6-32(36)22-28(35(4)19-20-37-5)13-12-27(32)9-7-8-16-30(2)29(14-17-31(30,3)33)25-11-10-24-15-18-34-23-26(24)21-25/h7-11,15,18,21,23,28-29,36H,6,12-14,16-17,19-20,22,33H2,1-5H3/b8-7+,27-9-/t28?,29?,30-,31+,32-/m1/s1. The lowest BCUT2D eigenvalue weighted by Crippen LogP contribution is -2.49. The summed E-state index contributed by atoms with van der Waals surface area (Å²) in [6, 6.07) is 9.26. The van der Waals surface area contributed by atoms with E-state index in [1.54, 1.807) is 7.11 Å². The Bertz CT molecular complexity index is 1130. The van der Waals surface area contributed by atoms with E-state index in [1.807, 2.05) is 12.4 Å². The van der Waals surface area contributed by atoms with Crippen molar-refractivity contribution in [2.24, 2.45) is 11.1 Å². The second-order valence-electron chi connectivity index (χ2n) is 12.0. The first kappa shape index (κ1) is 28.0. The maximum atomic E-state index is 11.5. The first-order valence-corrected chi connectivity index (χ1v) is 14.0. The van der Waals surface area contributed by atoms with Gasteiger partial charge in [-0.25, -0.2) is 0 Å². The van der Waals surface area contributed by atoms with E-state index in [1.165, 1.54) is 16.3 Å². The first-order valence-electron chi connectivity index (χ1n) is 14.0. The highest BCUT2D eigenvalue weighted by molar-refractivity contribution is 5.82. The zero-order valence-electron chi connectivity index (χ0n) is 23.5. The highest BCUT2D eigenvalue weighted by Gasteiger charge is 2.52. The fraction of sp³-hybridized carbons (Fsp3) is 0.594. The summed E-state index contributed by atoms with van der Waals surface area (Å²) in [5, 5.41) is 13.9. The predicted octanol–water partition coefficient (Wildman–Crippen LogP) is 5.98. The van der Waals surface area contributed by atoms with Crippen molar-refractivity contribution in [3.05, 3.63) is 66.0 Å². The number of nitrogens with two attached hydrogens (primary N) is 1. The monoisotopic (exact) mass is 505 g/mol. The van der Waals surface area contributed by atoms with Crippen molar-refractivity contribution in [2.75, 3.05) is 27.3 Å². The second kappa shape index (κ2) is 11.4. The molecule has 2 fully saturated rings. The number of rotatable bonds is 9. The van der Waals surface area contributed by atoms with Gasteiger partial charge >= 0.3 is 0 Å². The number of pyridine rings is 1. The number of hydrogen-bond acceptors (Lipinski definition) is 5. The molecule has 202 valence electrons. The summed E-state index contributed by atoms with van der Waals surface area (Å²) in [4.78, 5) is 6.66. The van der Waals surface area contributed by atoms with Crippen LogP contribution < -0.4 is 5.73 Å². The SMILES string of the molecule is CC[C@@]1(O)CC(N(C)CCOC)CC/C1=C/C=C/C[C@]1(C)C(c2ccc3ccncc3c2)CC[C@]1(C)N. The molecule has 0 saturated heterocycles. The zero-order valence-corrected chi connectivity index (χ0v) is 23.5. The molecule has 2 aliphatic rings. The third-order valence-electron chi connectivity index (χ3n) is 9.84. The van der Waals surface area contributed by atoms with E-state index >= 15 is 0 Å². The lowest BCUT2D eigenvalue weighted by atomic mass is 9.66. The van der Waals surface area contributed by atoms with Crippen molar-refractivity contribution in [1.82, 2.24) is 9.88 Å². The van der Waals surface area contributed by atoms with Crippen LogP contribution in [-0.2, 0) is 4.74 Å². The molecule has 5 nitrogen and oxygen atoms in total. The number of allylic oxidation sites excluding steroid dienone is 3. The van der Waals surface area contributed by atoms with Gasteiger partial charge in [-0.3, -0.25) is 4.98 Å². The smallest absolute Gasteiger partial charge is 0.0872 e. The molecular weight excluding hydrogens is 458 g/mol. The van der Waals surface area contributed by atoms with Crippen LogP contribution >= 0.6 is 0 Å². The van der Waals surface area contributed by atoms with Crippen LogP contribution in [0.25, 0.3) is 10.8 Å². The minimum Gasteiger partial charge on any atom is -0.385 e. The Morgan fingerprint density at radius 1 is 1.22 bits per heavy atom. The van der Waals surface area contributed by atoms with Crippen molar-refractivity contribution in [3.8, 4) is 0 Å². The number of likely N-dealkylation sites (N-methyl/N-ethyl adjacent to an activating group) is 1. The van der Waals surface area contributed by atoms with Crippen LogP contribution in [0.3, 0.4) is 0 Å². The van der Waals surface area contributed by atoms with Gasteiger partial charge in [-0.1, -0.05) is 44.2 Å². The van der Waals surface area contributed by atoms with Crippen LogP contribution in [0.5, 0.6) is 0 Å². The number of fused-ring (bicyclic) bond motifs is 1. The Balaban J connectivity index is 1.49. The Morgan fingerprint density at radius 3 is 2.78 bits per heavy atom. The van der Waals surface area contributed by atoms with Crippen molar-refractivity contribution in [2.45, 2.75) is 88.8 Å². The molecule has 2 aromatic rings.